The molecule has 20 heavy (non-hydrogen) atoms. The normalized spacial score (nSPS) is 13.9. The zero-order valence-corrected chi connectivity index (χ0v) is 13.3. The predicted octanol–water partition coefficient (Wildman–Crippen LogP) is 2.87. The highest BCUT2D eigenvalue weighted by Crippen LogP contribution is 2.20. The molecule has 1 aromatic heterocycles. The fourth-order valence-corrected chi connectivity index (χ4v) is 2.69. The van der Waals surface area contributed by atoms with Gasteiger partial charge in [0.05, 0.1) is 13.3 Å². The number of nitrogens with one attached hydrogen (secondary N) is 1. The van der Waals surface area contributed by atoms with E-state index < -0.39 is 5.54 Å². The molecular weight excluding hydrogens is 276 g/mol. The standard InChI is InChI=1S/C14H24N2O3S/c1-4-8-16-14(2,12(17)18-3)7-5-6-11-20-13-15-9-10-19-13/h9-10,16H,4-8,11H2,1-3H3. The van der Waals surface area contributed by atoms with Gasteiger partial charge in [-0.05, 0) is 32.7 Å². The lowest BCUT2D eigenvalue weighted by molar-refractivity contribution is -0.148. The molecule has 0 aliphatic heterocycles. The van der Waals surface area contributed by atoms with Crippen molar-refractivity contribution >= 4 is 17.7 Å². The van der Waals surface area contributed by atoms with Gasteiger partial charge >= 0.3 is 5.97 Å². The van der Waals surface area contributed by atoms with Crippen molar-refractivity contribution in [1.29, 1.82) is 0 Å². The molecule has 1 rings (SSSR count). The molecule has 0 spiro atoms. The van der Waals surface area contributed by atoms with Gasteiger partial charge in [0.2, 0.25) is 0 Å². The molecule has 0 fully saturated rings. The summed E-state index contributed by atoms with van der Waals surface area (Å²) in [6.07, 6.45) is 6.94. The molecule has 0 bridgehead atoms. The van der Waals surface area contributed by atoms with E-state index in [1.807, 2.05) is 6.92 Å². The van der Waals surface area contributed by atoms with Crippen LogP contribution >= 0.6 is 11.8 Å². The van der Waals surface area contributed by atoms with Gasteiger partial charge in [0, 0.05) is 5.75 Å². The number of rotatable bonds is 10. The number of carbonyl (C=O) groups is 1. The summed E-state index contributed by atoms with van der Waals surface area (Å²) in [6, 6.07) is 0. The van der Waals surface area contributed by atoms with Crippen LogP contribution < -0.4 is 5.32 Å². The van der Waals surface area contributed by atoms with Gasteiger partial charge in [0.15, 0.2) is 0 Å². The Bertz CT molecular complexity index is 384. The van der Waals surface area contributed by atoms with Crippen LogP contribution in [0.2, 0.25) is 0 Å². The van der Waals surface area contributed by atoms with Crippen LogP contribution in [0.25, 0.3) is 0 Å². The highest BCUT2D eigenvalue weighted by molar-refractivity contribution is 7.99. The van der Waals surface area contributed by atoms with Crippen LogP contribution in [-0.4, -0.2) is 35.9 Å². The third kappa shape index (κ3) is 5.54. The SMILES string of the molecule is CCCNC(C)(CCCCSc1ncco1)C(=O)OC. The lowest BCUT2D eigenvalue weighted by atomic mass is 9.95. The summed E-state index contributed by atoms with van der Waals surface area (Å²) >= 11 is 1.60. The average molecular weight is 300 g/mol. The van der Waals surface area contributed by atoms with Crippen molar-refractivity contribution in [2.24, 2.45) is 0 Å². The highest BCUT2D eigenvalue weighted by Gasteiger charge is 2.32. The van der Waals surface area contributed by atoms with Crippen LogP contribution in [0, 0.1) is 0 Å². The molecule has 1 atom stereocenters. The molecule has 0 aliphatic carbocycles. The first-order chi connectivity index (χ1) is 9.62. The Morgan fingerprint density at radius 1 is 1.55 bits per heavy atom. The maximum Gasteiger partial charge on any atom is 0.325 e. The van der Waals surface area contributed by atoms with E-state index in [1.54, 1.807) is 24.2 Å². The summed E-state index contributed by atoms with van der Waals surface area (Å²) in [5.41, 5.74) is -0.585. The molecule has 0 amide bonds. The van der Waals surface area contributed by atoms with Crippen molar-refractivity contribution in [1.82, 2.24) is 10.3 Å². The van der Waals surface area contributed by atoms with Crippen LogP contribution in [0.3, 0.4) is 0 Å². The minimum absolute atomic E-state index is 0.189. The van der Waals surface area contributed by atoms with Gasteiger partial charge in [-0.3, -0.25) is 4.79 Å². The number of thioether (sulfide) groups is 1. The number of carbonyl (C=O) groups excluding carboxylic acids is 1. The molecule has 1 N–H and O–H groups in total. The first-order valence-electron chi connectivity index (χ1n) is 6.98. The third-order valence-corrected chi connectivity index (χ3v) is 4.05. The van der Waals surface area contributed by atoms with Gasteiger partial charge in [0.1, 0.15) is 11.8 Å². The van der Waals surface area contributed by atoms with E-state index in [-0.39, 0.29) is 5.97 Å². The summed E-state index contributed by atoms with van der Waals surface area (Å²) in [7, 11) is 1.44. The number of aromatic nitrogens is 1. The predicted molar refractivity (Wildman–Crippen MR) is 79.8 cm³/mol. The number of hydrogen-bond acceptors (Lipinski definition) is 6. The van der Waals surface area contributed by atoms with Crippen molar-refractivity contribution in [3.05, 3.63) is 12.5 Å². The number of methoxy groups -OCH3 is 1. The topological polar surface area (TPSA) is 64.4 Å². The second kappa shape index (κ2) is 9.02. The second-order valence-electron chi connectivity index (χ2n) is 4.85. The molecule has 0 saturated carbocycles. The van der Waals surface area contributed by atoms with Gasteiger partial charge in [-0.1, -0.05) is 25.1 Å². The Hall–Kier alpha value is -1.01. The van der Waals surface area contributed by atoms with Crippen LogP contribution in [0.4, 0.5) is 0 Å². The number of esters is 1. The average Bonchev–Trinajstić information content (AvgIpc) is 2.97. The molecule has 1 aromatic rings. The van der Waals surface area contributed by atoms with Crippen LogP contribution in [0.1, 0.15) is 39.5 Å². The summed E-state index contributed by atoms with van der Waals surface area (Å²) in [6.45, 7) is 4.81. The smallest absolute Gasteiger partial charge is 0.325 e. The van der Waals surface area contributed by atoms with E-state index in [9.17, 15) is 4.79 Å². The summed E-state index contributed by atoms with van der Waals surface area (Å²) < 4.78 is 10.1. The number of nitrogens with zero attached hydrogens (tertiary/aromatic N) is 1. The van der Waals surface area contributed by atoms with Crippen molar-refractivity contribution in [2.75, 3.05) is 19.4 Å². The Kier molecular flexibility index (Phi) is 7.69. The molecule has 0 radical (unpaired) electrons. The van der Waals surface area contributed by atoms with E-state index in [1.165, 1.54) is 7.11 Å². The summed E-state index contributed by atoms with van der Waals surface area (Å²) in [5, 5.41) is 3.99. The van der Waals surface area contributed by atoms with Crippen LogP contribution in [0.15, 0.2) is 22.1 Å². The van der Waals surface area contributed by atoms with Gasteiger partial charge in [-0.2, -0.15) is 0 Å². The first kappa shape index (κ1) is 17.0. The lowest BCUT2D eigenvalue weighted by Crippen LogP contribution is -2.50. The van der Waals surface area contributed by atoms with Gasteiger partial charge in [-0.25, -0.2) is 4.98 Å². The zero-order valence-electron chi connectivity index (χ0n) is 12.5. The van der Waals surface area contributed by atoms with Gasteiger partial charge in [-0.15, -0.1) is 0 Å². The van der Waals surface area contributed by atoms with E-state index >= 15 is 0 Å². The van der Waals surface area contributed by atoms with Crippen molar-refractivity contribution in [3.8, 4) is 0 Å². The molecule has 0 aliphatic rings. The Balaban J connectivity index is 2.29. The molecule has 6 heteroatoms. The number of oxazole rings is 1. The maximum absolute atomic E-state index is 11.9. The molecule has 1 heterocycles. The Morgan fingerprint density at radius 2 is 2.35 bits per heavy atom. The van der Waals surface area contributed by atoms with E-state index in [0.717, 1.165) is 38.0 Å². The third-order valence-electron chi connectivity index (χ3n) is 3.11. The van der Waals surface area contributed by atoms with E-state index in [2.05, 4.69) is 17.2 Å². The highest BCUT2D eigenvalue weighted by atomic mass is 32.2. The minimum Gasteiger partial charge on any atom is -0.468 e. The fourth-order valence-electron chi connectivity index (χ4n) is 1.91. The summed E-state index contributed by atoms with van der Waals surface area (Å²) in [4.78, 5) is 15.9. The largest absolute Gasteiger partial charge is 0.468 e. The molecular formula is C14H24N2O3S. The van der Waals surface area contributed by atoms with Crippen molar-refractivity contribution in [2.45, 2.75) is 50.3 Å². The minimum atomic E-state index is -0.585. The van der Waals surface area contributed by atoms with Crippen molar-refractivity contribution < 1.29 is 13.9 Å². The lowest BCUT2D eigenvalue weighted by Gasteiger charge is -2.28. The van der Waals surface area contributed by atoms with E-state index in [0.29, 0.717) is 5.22 Å². The van der Waals surface area contributed by atoms with Crippen LogP contribution in [0.5, 0.6) is 0 Å². The molecule has 114 valence electrons. The maximum atomic E-state index is 11.9. The fraction of sp³-hybridized carbons (Fsp3) is 0.714. The first-order valence-corrected chi connectivity index (χ1v) is 7.96. The number of ether oxygens (including phenoxy) is 1. The zero-order chi connectivity index (χ0) is 14.8. The monoisotopic (exact) mass is 300 g/mol. The molecule has 0 saturated heterocycles. The molecule has 1 unspecified atom stereocenters. The Morgan fingerprint density at radius 3 is 2.95 bits per heavy atom. The number of hydrogen-bond donors (Lipinski definition) is 1. The van der Waals surface area contributed by atoms with Crippen LogP contribution in [-0.2, 0) is 9.53 Å². The van der Waals surface area contributed by atoms with E-state index in [4.69, 9.17) is 9.15 Å². The number of unbranched alkanes of at least 4 members (excludes halogenated alkanes) is 1. The summed E-state index contributed by atoms with van der Waals surface area (Å²) in [5.74, 6) is 0.747. The molecule has 5 nitrogen and oxygen atoms in total. The second-order valence-corrected chi connectivity index (χ2v) is 5.90. The van der Waals surface area contributed by atoms with Crippen molar-refractivity contribution in [3.63, 3.8) is 0 Å². The molecule has 0 aromatic carbocycles. The Labute approximate surface area is 124 Å². The quantitative estimate of drug-likeness (QED) is 0.407. The van der Waals surface area contributed by atoms with Gasteiger partial charge < -0.3 is 14.5 Å². The van der Waals surface area contributed by atoms with Gasteiger partial charge in [0.25, 0.3) is 5.22 Å².